The van der Waals surface area contributed by atoms with Crippen molar-refractivity contribution in [1.82, 2.24) is 4.98 Å². The van der Waals surface area contributed by atoms with Gasteiger partial charge in [0, 0.05) is 0 Å². The molecule has 0 unspecified atom stereocenters. The second kappa shape index (κ2) is 4.64. The van der Waals surface area contributed by atoms with E-state index in [1.165, 1.54) is 9.14 Å². The Bertz CT molecular complexity index is 380. The minimum atomic E-state index is -2.04. The van der Waals surface area contributed by atoms with Crippen molar-refractivity contribution in [2.75, 3.05) is 0 Å². The molecule has 15 heavy (non-hydrogen) atoms. The van der Waals surface area contributed by atoms with Gasteiger partial charge in [-0.1, -0.05) is 0 Å². The first-order valence-corrected chi connectivity index (χ1v) is 15.2. The van der Waals surface area contributed by atoms with E-state index >= 15 is 0 Å². The number of rotatable bonds is 3. The van der Waals surface area contributed by atoms with Crippen LogP contribution in [0.2, 0.25) is 14.8 Å². The van der Waals surface area contributed by atoms with Crippen molar-refractivity contribution >= 4 is 27.7 Å². The van der Waals surface area contributed by atoms with Gasteiger partial charge in [0.1, 0.15) is 0 Å². The number of pyridine rings is 1. The van der Waals surface area contributed by atoms with Gasteiger partial charge < -0.3 is 0 Å². The molecule has 0 fully saturated rings. The molecule has 0 saturated heterocycles. The summed E-state index contributed by atoms with van der Waals surface area (Å²) in [6, 6.07) is 2.15. The van der Waals surface area contributed by atoms with Gasteiger partial charge in [-0.3, -0.25) is 0 Å². The van der Waals surface area contributed by atoms with Crippen molar-refractivity contribution in [3.05, 3.63) is 23.5 Å². The molecule has 1 heterocycles. The van der Waals surface area contributed by atoms with Gasteiger partial charge in [0.2, 0.25) is 0 Å². The topological polar surface area (TPSA) is 30.0 Å². The van der Waals surface area contributed by atoms with E-state index in [0.717, 1.165) is 5.69 Å². The first-order chi connectivity index (χ1) is 6.80. The average molecular weight is 312 g/mol. The van der Waals surface area contributed by atoms with Crippen LogP contribution in [0.25, 0.3) is 0 Å². The Morgan fingerprint density at radius 3 is 2.47 bits per heavy atom. The van der Waals surface area contributed by atoms with Gasteiger partial charge >= 0.3 is 96.1 Å². The fourth-order valence-electron chi connectivity index (χ4n) is 1.73. The molecule has 0 atom stereocenters. The van der Waals surface area contributed by atoms with Crippen LogP contribution in [-0.2, 0) is 11.2 Å². The van der Waals surface area contributed by atoms with Crippen LogP contribution < -0.4 is 3.58 Å². The van der Waals surface area contributed by atoms with Crippen LogP contribution >= 0.6 is 0 Å². The van der Waals surface area contributed by atoms with Gasteiger partial charge in [0.25, 0.3) is 0 Å². The van der Waals surface area contributed by atoms with Gasteiger partial charge in [-0.05, 0) is 0 Å². The van der Waals surface area contributed by atoms with Crippen LogP contribution in [0.5, 0.6) is 0 Å². The molecule has 0 saturated carbocycles. The number of Topliss-reactive ketones (excluding diaryl/α,β-unsaturated/α-hetero) is 1. The molecule has 0 bridgehead atoms. The Morgan fingerprint density at radius 1 is 1.40 bits per heavy atom. The Balaban J connectivity index is 3.11. The molecule has 1 rings (SSSR count). The minimum absolute atomic E-state index is 0.182. The molecule has 1 aromatic rings. The summed E-state index contributed by atoms with van der Waals surface area (Å²) in [7, 11) is 0. The first-order valence-electron chi connectivity index (χ1n) is 5.26. The Hall–Kier alpha value is -0.381. The number of carbonyl (C=O) groups is 1. The number of ketones is 1. The molecule has 0 N–H and O–H groups in total. The van der Waals surface area contributed by atoms with E-state index in [2.05, 4.69) is 32.8 Å². The van der Waals surface area contributed by atoms with E-state index in [1.54, 1.807) is 6.92 Å². The second-order valence-corrected chi connectivity index (χ2v) is 19.5. The van der Waals surface area contributed by atoms with E-state index in [-0.39, 0.29) is 5.78 Å². The van der Waals surface area contributed by atoms with Crippen molar-refractivity contribution < 1.29 is 4.79 Å². The van der Waals surface area contributed by atoms with Crippen LogP contribution in [0, 0.1) is 6.92 Å². The van der Waals surface area contributed by atoms with E-state index < -0.39 is 18.4 Å². The third-order valence-corrected chi connectivity index (χ3v) is 8.55. The molecule has 1 aromatic heterocycles. The van der Waals surface area contributed by atoms with Gasteiger partial charge in [0.15, 0.2) is 0 Å². The maximum absolute atomic E-state index is 11.0. The summed E-state index contributed by atoms with van der Waals surface area (Å²) in [4.78, 5) is 22.5. The summed E-state index contributed by atoms with van der Waals surface area (Å²) in [5.41, 5.74) is 2.21. The summed E-state index contributed by atoms with van der Waals surface area (Å²) >= 11 is -2.04. The van der Waals surface area contributed by atoms with Crippen LogP contribution in [-0.4, -0.2) is 29.1 Å². The third-order valence-electron chi connectivity index (χ3n) is 2.40. The molecule has 0 aliphatic carbocycles. The monoisotopic (exact) mass is 313 g/mol. The van der Waals surface area contributed by atoms with Crippen molar-refractivity contribution in [2.24, 2.45) is 0 Å². The normalized spacial score (nSPS) is 11.5. The summed E-state index contributed by atoms with van der Waals surface area (Å²) in [6.45, 7) is 3.73. The van der Waals surface area contributed by atoms with Crippen molar-refractivity contribution in [2.45, 2.75) is 35.1 Å². The number of nitrogens with zero attached hydrogens (tertiary/aromatic N) is 1. The van der Waals surface area contributed by atoms with E-state index in [1.807, 2.05) is 6.20 Å². The summed E-state index contributed by atoms with van der Waals surface area (Å²) < 4.78 is 1.48. The Labute approximate surface area is 96.0 Å². The fraction of sp³-hybridized carbons (Fsp3) is 0.500. The van der Waals surface area contributed by atoms with Gasteiger partial charge in [0.05, 0.1) is 0 Å². The molecule has 0 spiro atoms. The predicted molar refractivity (Wildman–Crippen MR) is 66.3 cm³/mol. The van der Waals surface area contributed by atoms with Crippen LogP contribution in [0.3, 0.4) is 0 Å². The Morgan fingerprint density at radius 2 is 2.00 bits per heavy atom. The zero-order valence-corrected chi connectivity index (χ0v) is 13.1. The molecule has 3 heteroatoms. The fourth-order valence-corrected chi connectivity index (χ4v) is 7.00. The molecule has 0 aliphatic heterocycles. The average Bonchev–Trinajstić information content (AvgIpc) is 2.05. The van der Waals surface area contributed by atoms with Gasteiger partial charge in [-0.25, -0.2) is 0 Å². The van der Waals surface area contributed by atoms with E-state index in [0.29, 0.717) is 6.42 Å². The summed E-state index contributed by atoms with van der Waals surface area (Å²) in [5.74, 6) is 0.182. The van der Waals surface area contributed by atoms with Gasteiger partial charge in [-0.15, -0.1) is 0 Å². The third kappa shape index (κ3) is 3.59. The number of aromatic nitrogens is 1. The van der Waals surface area contributed by atoms with E-state index in [9.17, 15) is 4.79 Å². The predicted octanol–water partition coefficient (Wildman–Crippen LogP) is 2.07. The summed E-state index contributed by atoms with van der Waals surface area (Å²) in [5, 5.41) is 0. The SMILES string of the molecule is CC(=O)Cc1c[c]([Sn]([CH3])([CH3])[CH3])c(C)cn1. The van der Waals surface area contributed by atoms with Crippen molar-refractivity contribution in [3.63, 3.8) is 0 Å². The van der Waals surface area contributed by atoms with Crippen molar-refractivity contribution in [1.29, 1.82) is 0 Å². The van der Waals surface area contributed by atoms with Crippen LogP contribution in [0.15, 0.2) is 12.3 Å². The summed E-state index contributed by atoms with van der Waals surface area (Å²) in [6.07, 6.45) is 2.38. The molecular weight excluding hydrogens is 293 g/mol. The van der Waals surface area contributed by atoms with Crippen LogP contribution in [0.4, 0.5) is 0 Å². The number of hydrogen-bond donors (Lipinski definition) is 0. The molecule has 2 nitrogen and oxygen atoms in total. The molecule has 0 radical (unpaired) electrons. The molecular formula is C12H19NOSn. The zero-order chi connectivity index (χ0) is 11.6. The quantitative estimate of drug-likeness (QED) is 0.800. The second-order valence-electron chi connectivity index (χ2n) is 5.12. The standard InChI is InChI=1S/C9H10NO.3CH3.Sn/c1-7-3-4-9(10-6-7)5-8(2)11;;;;/h4,6H,5H2,1-2H3;3*1H3;. The molecule has 0 aliphatic rings. The first kappa shape index (κ1) is 12.7. The number of aryl methyl sites for hydroxylation is 1. The molecule has 0 amide bonds. The van der Waals surface area contributed by atoms with E-state index in [4.69, 9.17) is 0 Å². The molecule has 0 aromatic carbocycles. The van der Waals surface area contributed by atoms with Crippen molar-refractivity contribution in [3.8, 4) is 0 Å². The number of hydrogen-bond acceptors (Lipinski definition) is 2. The molecule has 82 valence electrons. The maximum atomic E-state index is 11.0. The zero-order valence-electron chi connectivity index (χ0n) is 10.2. The Kier molecular flexibility index (Phi) is 3.92. The van der Waals surface area contributed by atoms with Crippen LogP contribution in [0.1, 0.15) is 18.2 Å². The van der Waals surface area contributed by atoms with Gasteiger partial charge in [-0.2, -0.15) is 0 Å². The number of carbonyl (C=O) groups excluding carboxylic acids is 1.